The van der Waals surface area contributed by atoms with E-state index in [2.05, 4.69) is 15.6 Å². The second kappa shape index (κ2) is 11.8. The fourth-order valence-corrected chi connectivity index (χ4v) is 6.21. The Balaban J connectivity index is 1.24. The van der Waals surface area contributed by atoms with Crippen molar-refractivity contribution < 1.29 is 19.5 Å². The van der Waals surface area contributed by atoms with Crippen LogP contribution in [0.2, 0.25) is 0 Å². The standard InChI is InChI=1S/C33H34N6O4/c1-38-20-33(21-38,32(43)35-25-14-10-22(11-15-25)12-17-29(40)41)36-31(42)24-13-16-26-27(19-24)37-39(28-9-5-6-18-34-28)30(26)23-7-3-2-4-8-23/h5-6,9-19,23H,2-4,7-8,20-21H2,1H3,(H,35,43)(H,36,42)(H,40,41). The lowest BCUT2D eigenvalue weighted by Gasteiger charge is -2.47. The fraction of sp³-hybridized carbons (Fsp3) is 0.303. The van der Waals surface area contributed by atoms with E-state index in [9.17, 15) is 14.4 Å². The molecule has 0 atom stereocenters. The number of rotatable bonds is 8. The zero-order valence-electron chi connectivity index (χ0n) is 24.0. The van der Waals surface area contributed by atoms with E-state index in [-0.39, 0.29) is 11.8 Å². The number of hydrogen-bond acceptors (Lipinski definition) is 6. The number of nitrogens with one attached hydrogen (secondary N) is 2. The van der Waals surface area contributed by atoms with Gasteiger partial charge >= 0.3 is 5.97 Å². The Morgan fingerprint density at radius 3 is 2.44 bits per heavy atom. The predicted octanol–water partition coefficient (Wildman–Crippen LogP) is 4.62. The van der Waals surface area contributed by atoms with Crippen molar-refractivity contribution in [1.29, 1.82) is 0 Å². The molecule has 10 nitrogen and oxygen atoms in total. The van der Waals surface area contributed by atoms with Crippen molar-refractivity contribution in [3.8, 4) is 5.82 Å². The Morgan fingerprint density at radius 1 is 1.00 bits per heavy atom. The number of carboxylic acids is 1. The Morgan fingerprint density at radius 2 is 1.77 bits per heavy atom. The molecule has 43 heavy (non-hydrogen) atoms. The number of aromatic nitrogens is 3. The molecule has 2 aromatic carbocycles. The first-order valence-corrected chi connectivity index (χ1v) is 14.6. The van der Waals surface area contributed by atoms with Gasteiger partial charge in [-0.1, -0.05) is 43.5 Å². The van der Waals surface area contributed by atoms with Crippen LogP contribution in [0.4, 0.5) is 5.69 Å². The number of carboxylic acid groups (broad SMARTS) is 1. The lowest BCUT2D eigenvalue weighted by Crippen LogP contribution is -2.74. The zero-order valence-corrected chi connectivity index (χ0v) is 24.0. The summed E-state index contributed by atoms with van der Waals surface area (Å²) >= 11 is 0. The van der Waals surface area contributed by atoms with Crippen LogP contribution in [-0.2, 0) is 9.59 Å². The second-order valence-electron chi connectivity index (χ2n) is 11.5. The van der Waals surface area contributed by atoms with E-state index in [0.717, 1.165) is 41.3 Å². The number of benzene rings is 2. The molecular weight excluding hydrogens is 544 g/mol. The number of pyridine rings is 1. The summed E-state index contributed by atoms with van der Waals surface area (Å²) in [7, 11) is 1.89. The van der Waals surface area contributed by atoms with Gasteiger partial charge in [-0.25, -0.2) is 14.5 Å². The number of hydrogen-bond donors (Lipinski definition) is 3. The molecule has 0 radical (unpaired) electrons. The number of likely N-dealkylation sites (tertiary alicyclic amines) is 1. The number of carbonyl (C=O) groups excluding carboxylic acids is 2. The van der Waals surface area contributed by atoms with Crippen molar-refractivity contribution in [2.45, 2.75) is 43.6 Å². The number of carbonyl (C=O) groups is 3. The molecule has 0 bridgehead atoms. The van der Waals surface area contributed by atoms with E-state index in [1.165, 1.54) is 25.3 Å². The van der Waals surface area contributed by atoms with Gasteiger partial charge in [0.1, 0.15) is 5.54 Å². The minimum Gasteiger partial charge on any atom is -0.478 e. The summed E-state index contributed by atoms with van der Waals surface area (Å²) in [4.78, 5) is 44.3. The average Bonchev–Trinajstić information content (AvgIpc) is 3.39. The SMILES string of the molecule is CN1CC(NC(=O)c2ccc3c(C4CCCCC4)n(-c4ccccn4)nc3c2)(C(=O)Nc2ccc(C=CC(=O)O)cc2)C1. The van der Waals surface area contributed by atoms with Gasteiger partial charge in [-0.05, 0) is 67.9 Å². The molecule has 6 rings (SSSR count). The molecule has 10 heteroatoms. The van der Waals surface area contributed by atoms with E-state index in [0.29, 0.717) is 35.8 Å². The van der Waals surface area contributed by atoms with Crippen LogP contribution >= 0.6 is 0 Å². The lowest BCUT2D eigenvalue weighted by molar-refractivity contribution is -0.131. The molecule has 2 aliphatic rings. The number of nitrogens with zero attached hydrogens (tertiary/aromatic N) is 4. The quantitative estimate of drug-likeness (QED) is 0.260. The highest BCUT2D eigenvalue weighted by Gasteiger charge is 2.49. The maximum Gasteiger partial charge on any atom is 0.328 e. The molecule has 1 saturated heterocycles. The van der Waals surface area contributed by atoms with Gasteiger partial charge in [0.05, 0.1) is 11.2 Å². The average molecular weight is 579 g/mol. The fourth-order valence-electron chi connectivity index (χ4n) is 6.21. The van der Waals surface area contributed by atoms with Gasteiger partial charge in [0.2, 0.25) is 0 Å². The first-order valence-electron chi connectivity index (χ1n) is 14.6. The highest BCUT2D eigenvalue weighted by molar-refractivity contribution is 6.06. The van der Waals surface area contributed by atoms with E-state index < -0.39 is 11.5 Å². The zero-order chi connectivity index (χ0) is 30.0. The van der Waals surface area contributed by atoms with Gasteiger partial charge in [0.15, 0.2) is 5.82 Å². The first kappa shape index (κ1) is 28.3. The minimum absolute atomic E-state index is 0.312. The van der Waals surface area contributed by atoms with Gasteiger partial charge in [0.25, 0.3) is 11.8 Å². The van der Waals surface area contributed by atoms with Crippen LogP contribution in [0.25, 0.3) is 22.8 Å². The molecule has 1 aliphatic heterocycles. The smallest absolute Gasteiger partial charge is 0.328 e. The molecule has 0 spiro atoms. The van der Waals surface area contributed by atoms with Gasteiger partial charge in [-0.2, -0.15) is 5.10 Å². The van der Waals surface area contributed by atoms with Crippen molar-refractivity contribution in [3.05, 3.63) is 89.8 Å². The molecule has 2 aromatic heterocycles. The summed E-state index contributed by atoms with van der Waals surface area (Å²) in [6.07, 6.45) is 10.1. The summed E-state index contributed by atoms with van der Waals surface area (Å²) in [5.74, 6) is -0.558. The van der Waals surface area contributed by atoms with Crippen LogP contribution in [0.3, 0.4) is 0 Å². The molecular formula is C33H34N6O4. The summed E-state index contributed by atoms with van der Waals surface area (Å²) in [5.41, 5.74) is 2.45. The van der Waals surface area contributed by atoms with Crippen LogP contribution < -0.4 is 10.6 Å². The summed E-state index contributed by atoms with van der Waals surface area (Å²) < 4.78 is 1.93. The van der Waals surface area contributed by atoms with Gasteiger partial charge < -0.3 is 20.6 Å². The van der Waals surface area contributed by atoms with Gasteiger partial charge in [0, 0.05) is 47.9 Å². The Bertz CT molecular complexity index is 1680. The third-order valence-electron chi connectivity index (χ3n) is 8.28. The maximum absolute atomic E-state index is 13.6. The van der Waals surface area contributed by atoms with Gasteiger partial charge in [-0.15, -0.1) is 0 Å². The summed E-state index contributed by atoms with van der Waals surface area (Å²) in [5, 5.41) is 20.7. The largest absolute Gasteiger partial charge is 0.478 e. The first-order chi connectivity index (χ1) is 20.8. The monoisotopic (exact) mass is 578 g/mol. The van der Waals surface area contributed by atoms with E-state index >= 15 is 0 Å². The Labute approximate surface area is 249 Å². The second-order valence-corrected chi connectivity index (χ2v) is 11.5. The van der Waals surface area contributed by atoms with E-state index in [4.69, 9.17) is 10.2 Å². The number of likely N-dealkylation sites (N-methyl/N-ethyl adjacent to an activating group) is 1. The van der Waals surface area contributed by atoms with Crippen LogP contribution in [-0.4, -0.2) is 68.2 Å². The number of anilines is 1. The van der Waals surface area contributed by atoms with Crippen molar-refractivity contribution in [1.82, 2.24) is 25.0 Å². The van der Waals surface area contributed by atoms with Gasteiger partial charge in [-0.3, -0.25) is 9.59 Å². The minimum atomic E-state index is -1.09. The van der Waals surface area contributed by atoms with Crippen molar-refractivity contribution in [3.63, 3.8) is 0 Å². The molecule has 0 unspecified atom stereocenters. The molecule has 1 saturated carbocycles. The molecule has 220 valence electrons. The predicted molar refractivity (Wildman–Crippen MR) is 164 cm³/mol. The molecule has 2 amide bonds. The molecule has 2 fully saturated rings. The Kier molecular flexibility index (Phi) is 7.77. The van der Waals surface area contributed by atoms with Crippen LogP contribution in [0.1, 0.15) is 59.6 Å². The molecule has 1 aliphatic carbocycles. The summed E-state index contributed by atoms with van der Waals surface area (Å²) in [6.45, 7) is 0.735. The Hall–Kier alpha value is -4.83. The van der Waals surface area contributed by atoms with Crippen molar-refractivity contribution >= 4 is 40.4 Å². The normalized spacial score (nSPS) is 17.0. The van der Waals surface area contributed by atoms with E-state index in [1.54, 1.807) is 36.5 Å². The third kappa shape index (κ3) is 5.91. The topological polar surface area (TPSA) is 129 Å². The number of aliphatic carboxylic acids is 1. The van der Waals surface area contributed by atoms with E-state index in [1.807, 2.05) is 47.0 Å². The number of fused-ring (bicyclic) bond motifs is 1. The highest BCUT2D eigenvalue weighted by Crippen LogP contribution is 2.37. The maximum atomic E-state index is 13.6. The van der Waals surface area contributed by atoms with Crippen molar-refractivity contribution in [2.75, 3.05) is 25.5 Å². The molecule has 4 aromatic rings. The molecule has 3 heterocycles. The van der Waals surface area contributed by atoms with Crippen LogP contribution in [0.15, 0.2) is 72.9 Å². The summed E-state index contributed by atoms with van der Waals surface area (Å²) in [6, 6.07) is 18.2. The van der Waals surface area contributed by atoms with Crippen LogP contribution in [0.5, 0.6) is 0 Å². The highest BCUT2D eigenvalue weighted by atomic mass is 16.4. The van der Waals surface area contributed by atoms with Crippen LogP contribution in [0, 0.1) is 0 Å². The number of amides is 2. The van der Waals surface area contributed by atoms with Crippen molar-refractivity contribution in [2.24, 2.45) is 0 Å². The lowest BCUT2D eigenvalue weighted by atomic mass is 9.85. The molecule has 3 N–H and O–H groups in total. The third-order valence-corrected chi connectivity index (χ3v) is 8.28.